The van der Waals surface area contributed by atoms with Crippen molar-refractivity contribution in [2.75, 3.05) is 13.1 Å². The second-order valence-electron chi connectivity index (χ2n) is 7.03. The summed E-state index contributed by atoms with van der Waals surface area (Å²) >= 11 is 0. The summed E-state index contributed by atoms with van der Waals surface area (Å²) in [6.07, 6.45) is 4.40. The molecule has 2 aromatic heterocycles. The maximum atomic E-state index is 12.3. The van der Waals surface area contributed by atoms with Crippen molar-refractivity contribution in [2.24, 2.45) is 0 Å². The van der Waals surface area contributed by atoms with E-state index in [9.17, 15) is 9.59 Å². The molecule has 3 heterocycles. The maximum absolute atomic E-state index is 12.3. The molecule has 0 spiro atoms. The van der Waals surface area contributed by atoms with Crippen LogP contribution < -0.4 is 5.76 Å². The van der Waals surface area contributed by atoms with Crippen molar-refractivity contribution in [3.8, 4) is 0 Å². The second kappa shape index (κ2) is 8.72. The second-order valence-corrected chi connectivity index (χ2v) is 7.03. The van der Waals surface area contributed by atoms with Gasteiger partial charge in [-0.05, 0) is 30.0 Å². The zero-order chi connectivity index (χ0) is 20.1. The van der Waals surface area contributed by atoms with E-state index >= 15 is 0 Å². The quantitative estimate of drug-likeness (QED) is 0.661. The van der Waals surface area contributed by atoms with E-state index in [0.717, 1.165) is 11.1 Å². The van der Waals surface area contributed by atoms with Gasteiger partial charge in [0.2, 0.25) is 5.89 Å². The Morgan fingerprint density at radius 1 is 1.10 bits per heavy atom. The first-order valence-electron chi connectivity index (χ1n) is 9.61. The summed E-state index contributed by atoms with van der Waals surface area (Å²) in [6.45, 7) is 1.66. The van der Waals surface area contributed by atoms with E-state index in [4.69, 9.17) is 9.15 Å². The summed E-state index contributed by atoms with van der Waals surface area (Å²) in [6, 6.07) is 13.3. The number of aromatic nitrogens is 3. The molecule has 0 atom stereocenters. The Bertz CT molecular complexity index is 992. The van der Waals surface area contributed by atoms with Gasteiger partial charge in [0.05, 0.1) is 6.54 Å². The number of carbonyl (C=O) groups is 1. The highest BCUT2D eigenvalue weighted by atomic mass is 16.6. The van der Waals surface area contributed by atoms with Crippen LogP contribution in [0.1, 0.15) is 35.8 Å². The van der Waals surface area contributed by atoms with Crippen LogP contribution in [0.15, 0.2) is 64.1 Å². The number of hydrogen-bond donors (Lipinski definition) is 0. The fourth-order valence-electron chi connectivity index (χ4n) is 3.37. The molecule has 8 heteroatoms. The summed E-state index contributed by atoms with van der Waals surface area (Å²) in [5, 5.41) is 4.35. The van der Waals surface area contributed by atoms with Gasteiger partial charge >= 0.3 is 11.8 Å². The Morgan fingerprint density at radius 3 is 2.59 bits per heavy atom. The van der Waals surface area contributed by atoms with Crippen LogP contribution in [0.3, 0.4) is 0 Å². The smallest absolute Gasteiger partial charge is 0.437 e. The number of pyridine rings is 1. The topological polar surface area (TPSA) is 90.5 Å². The monoisotopic (exact) mass is 394 g/mol. The van der Waals surface area contributed by atoms with Crippen molar-refractivity contribution >= 4 is 6.09 Å². The van der Waals surface area contributed by atoms with E-state index in [2.05, 4.69) is 10.1 Å². The van der Waals surface area contributed by atoms with Crippen LogP contribution in [0.25, 0.3) is 0 Å². The summed E-state index contributed by atoms with van der Waals surface area (Å²) in [4.78, 5) is 30.1. The van der Waals surface area contributed by atoms with E-state index in [-0.39, 0.29) is 18.6 Å². The van der Waals surface area contributed by atoms with Crippen molar-refractivity contribution in [3.05, 3.63) is 82.4 Å². The Kier molecular flexibility index (Phi) is 5.69. The molecule has 8 nitrogen and oxygen atoms in total. The number of nitrogens with zero attached hydrogens (tertiary/aromatic N) is 4. The lowest BCUT2D eigenvalue weighted by Crippen LogP contribution is -2.38. The van der Waals surface area contributed by atoms with Crippen molar-refractivity contribution < 1.29 is 13.9 Å². The maximum Gasteiger partial charge on any atom is 0.437 e. The molecule has 1 amide bonds. The third kappa shape index (κ3) is 4.71. The number of ether oxygens (including phenoxy) is 1. The minimum Gasteiger partial charge on any atom is -0.445 e. The van der Waals surface area contributed by atoms with Gasteiger partial charge < -0.3 is 14.1 Å². The van der Waals surface area contributed by atoms with Gasteiger partial charge in [0.1, 0.15) is 6.61 Å². The first-order valence-corrected chi connectivity index (χ1v) is 9.61. The van der Waals surface area contributed by atoms with Gasteiger partial charge in [-0.15, -0.1) is 5.10 Å². The summed E-state index contributed by atoms with van der Waals surface area (Å²) in [5.41, 5.74) is 1.84. The third-order valence-electron chi connectivity index (χ3n) is 4.98. The molecule has 1 aromatic carbocycles. The predicted molar refractivity (Wildman–Crippen MR) is 104 cm³/mol. The van der Waals surface area contributed by atoms with Crippen molar-refractivity contribution in [1.82, 2.24) is 19.7 Å². The molecule has 4 rings (SSSR count). The van der Waals surface area contributed by atoms with Crippen LogP contribution in [0.4, 0.5) is 4.79 Å². The van der Waals surface area contributed by atoms with Crippen molar-refractivity contribution in [1.29, 1.82) is 0 Å². The normalized spacial score (nSPS) is 14.7. The van der Waals surface area contributed by atoms with Crippen molar-refractivity contribution in [3.63, 3.8) is 0 Å². The number of rotatable bonds is 5. The zero-order valence-electron chi connectivity index (χ0n) is 15.9. The number of hydrogen-bond acceptors (Lipinski definition) is 6. The minimum absolute atomic E-state index is 0.0102. The largest absolute Gasteiger partial charge is 0.445 e. The number of carbonyl (C=O) groups excluding carboxylic acids is 1. The molecule has 29 heavy (non-hydrogen) atoms. The molecule has 0 aliphatic carbocycles. The van der Waals surface area contributed by atoms with E-state index in [1.165, 1.54) is 4.68 Å². The summed E-state index contributed by atoms with van der Waals surface area (Å²) in [7, 11) is 0. The number of benzene rings is 1. The first kappa shape index (κ1) is 18.9. The minimum atomic E-state index is -0.478. The predicted octanol–water partition coefficient (Wildman–Crippen LogP) is 2.80. The van der Waals surface area contributed by atoms with E-state index < -0.39 is 5.76 Å². The van der Waals surface area contributed by atoms with Crippen LogP contribution in [-0.4, -0.2) is 38.8 Å². The highest BCUT2D eigenvalue weighted by molar-refractivity contribution is 5.67. The lowest BCUT2D eigenvalue weighted by atomic mass is 9.97. The molecule has 0 bridgehead atoms. The molecule has 1 saturated heterocycles. The number of likely N-dealkylation sites (tertiary alicyclic amines) is 1. The molecule has 1 fully saturated rings. The highest BCUT2D eigenvalue weighted by Crippen LogP contribution is 2.26. The molecular formula is C21H22N4O4. The molecule has 0 saturated carbocycles. The van der Waals surface area contributed by atoms with E-state index in [1.54, 1.807) is 17.3 Å². The number of amides is 1. The van der Waals surface area contributed by atoms with Gasteiger partial charge in [0, 0.05) is 31.4 Å². The molecule has 0 N–H and O–H groups in total. The fourth-order valence-corrected chi connectivity index (χ4v) is 3.37. The van der Waals surface area contributed by atoms with Crippen LogP contribution in [0, 0.1) is 0 Å². The van der Waals surface area contributed by atoms with Gasteiger partial charge in [0.15, 0.2) is 0 Å². The molecular weight excluding hydrogens is 372 g/mol. The molecule has 0 radical (unpaired) electrons. The Hall–Kier alpha value is -3.42. The Morgan fingerprint density at radius 2 is 1.86 bits per heavy atom. The SMILES string of the molecule is O=C(OCc1ccccc1)N1CCC(c2nn(Cc3cccnc3)c(=O)o2)CC1. The average molecular weight is 394 g/mol. The van der Waals surface area contributed by atoms with Gasteiger partial charge in [-0.3, -0.25) is 4.98 Å². The molecule has 1 aliphatic heterocycles. The van der Waals surface area contributed by atoms with Crippen molar-refractivity contribution in [2.45, 2.75) is 31.9 Å². The molecule has 150 valence electrons. The lowest BCUT2D eigenvalue weighted by Gasteiger charge is -2.29. The van der Waals surface area contributed by atoms with Crippen LogP contribution >= 0.6 is 0 Å². The van der Waals surface area contributed by atoms with Gasteiger partial charge in [-0.1, -0.05) is 36.4 Å². The lowest BCUT2D eigenvalue weighted by molar-refractivity contribution is 0.0855. The summed E-state index contributed by atoms with van der Waals surface area (Å²) in [5.74, 6) is -0.0410. The van der Waals surface area contributed by atoms with Crippen LogP contribution in [0.2, 0.25) is 0 Å². The zero-order valence-corrected chi connectivity index (χ0v) is 15.9. The first-order chi connectivity index (χ1) is 14.2. The average Bonchev–Trinajstić information content (AvgIpc) is 3.14. The molecule has 1 aliphatic rings. The van der Waals surface area contributed by atoms with E-state index in [0.29, 0.717) is 38.4 Å². The van der Waals surface area contributed by atoms with Gasteiger partial charge in [-0.25, -0.2) is 9.59 Å². The van der Waals surface area contributed by atoms with Gasteiger partial charge in [0.25, 0.3) is 0 Å². The number of piperidine rings is 1. The fraction of sp³-hybridized carbons (Fsp3) is 0.333. The standard InChI is InChI=1S/C21H22N4O4/c26-20(28-15-16-5-2-1-3-6-16)24-11-8-18(9-12-24)19-23-25(21(27)29-19)14-17-7-4-10-22-13-17/h1-7,10,13,18H,8-9,11-12,14-15H2. The molecule has 0 unspecified atom stereocenters. The highest BCUT2D eigenvalue weighted by Gasteiger charge is 2.28. The Labute approximate surface area is 167 Å². The summed E-state index contributed by atoms with van der Waals surface area (Å²) < 4.78 is 12.1. The van der Waals surface area contributed by atoms with Crippen LogP contribution in [0.5, 0.6) is 0 Å². The third-order valence-corrected chi connectivity index (χ3v) is 4.98. The van der Waals surface area contributed by atoms with E-state index in [1.807, 2.05) is 42.5 Å². The molecule has 3 aromatic rings. The Balaban J connectivity index is 1.31. The van der Waals surface area contributed by atoms with Gasteiger partial charge in [-0.2, -0.15) is 4.68 Å². The van der Waals surface area contributed by atoms with Crippen LogP contribution in [-0.2, 0) is 17.9 Å².